The van der Waals surface area contributed by atoms with Crippen molar-refractivity contribution < 1.29 is 4.79 Å². The van der Waals surface area contributed by atoms with Gasteiger partial charge in [0.25, 0.3) is 0 Å². The quantitative estimate of drug-likeness (QED) is 0.509. The van der Waals surface area contributed by atoms with Crippen LogP contribution in [0, 0.1) is 0 Å². The largest absolute Gasteiger partial charge is 0.294 e. The summed E-state index contributed by atoms with van der Waals surface area (Å²) in [5, 5.41) is 0. The van der Waals surface area contributed by atoms with Crippen LogP contribution >= 0.6 is 0 Å². The summed E-state index contributed by atoms with van der Waals surface area (Å²) < 4.78 is 0. The van der Waals surface area contributed by atoms with E-state index >= 15 is 0 Å². The van der Waals surface area contributed by atoms with Crippen molar-refractivity contribution in [1.29, 1.82) is 0 Å². The molecule has 3 unspecified atom stereocenters. The summed E-state index contributed by atoms with van der Waals surface area (Å²) in [4.78, 5) is 14.1. The van der Waals surface area contributed by atoms with Crippen LogP contribution in [-0.2, 0) is 11.3 Å². The Morgan fingerprint density at radius 2 is 1.86 bits per heavy atom. The van der Waals surface area contributed by atoms with Crippen molar-refractivity contribution >= 4 is 5.91 Å². The summed E-state index contributed by atoms with van der Waals surface area (Å²) in [7, 11) is 0. The van der Waals surface area contributed by atoms with Gasteiger partial charge in [-0.25, -0.2) is 5.84 Å². The monoisotopic (exact) mass is 289 g/mol. The van der Waals surface area contributed by atoms with Gasteiger partial charge < -0.3 is 0 Å². The van der Waals surface area contributed by atoms with Gasteiger partial charge in [0.2, 0.25) is 5.91 Å². The van der Waals surface area contributed by atoms with Crippen molar-refractivity contribution in [3.63, 3.8) is 0 Å². The third-order valence-corrected chi connectivity index (χ3v) is 4.76. The van der Waals surface area contributed by atoms with Gasteiger partial charge in [0.15, 0.2) is 0 Å². The van der Waals surface area contributed by atoms with Crippen LogP contribution in [0.1, 0.15) is 57.1 Å². The molecule has 0 saturated carbocycles. The molecule has 0 aliphatic carbocycles. The number of rotatable bonds is 4. The first-order valence-corrected chi connectivity index (χ1v) is 7.88. The maximum Gasteiger partial charge on any atom is 0.241 e. The zero-order valence-electron chi connectivity index (χ0n) is 13.3. The number of nitrogens with two attached hydrogens (primary N) is 1. The fourth-order valence-corrected chi connectivity index (χ4v) is 3.19. The highest BCUT2D eigenvalue weighted by Crippen LogP contribution is 2.25. The van der Waals surface area contributed by atoms with Gasteiger partial charge in [-0.1, -0.05) is 30.7 Å². The first-order valence-electron chi connectivity index (χ1n) is 7.88. The number of nitrogens with one attached hydrogen (secondary N) is 1. The minimum Gasteiger partial charge on any atom is -0.294 e. The number of hydrogen-bond acceptors (Lipinski definition) is 3. The summed E-state index contributed by atoms with van der Waals surface area (Å²) >= 11 is 0. The minimum absolute atomic E-state index is 0.152. The van der Waals surface area contributed by atoms with Crippen molar-refractivity contribution in [2.45, 2.75) is 64.6 Å². The van der Waals surface area contributed by atoms with Gasteiger partial charge in [-0.2, -0.15) is 0 Å². The maximum absolute atomic E-state index is 11.6. The molecule has 1 aromatic rings. The van der Waals surface area contributed by atoms with Gasteiger partial charge in [0.1, 0.15) is 0 Å². The topological polar surface area (TPSA) is 58.4 Å². The molecule has 0 bridgehead atoms. The smallest absolute Gasteiger partial charge is 0.241 e. The molecule has 1 amide bonds. The molecule has 2 rings (SSSR count). The lowest BCUT2D eigenvalue weighted by molar-refractivity contribution is -0.122. The van der Waals surface area contributed by atoms with Gasteiger partial charge in [-0.15, -0.1) is 0 Å². The highest BCUT2D eigenvalue weighted by atomic mass is 16.2. The second-order valence-corrected chi connectivity index (χ2v) is 6.27. The summed E-state index contributed by atoms with van der Waals surface area (Å²) in [6.45, 7) is 7.49. The number of piperidine rings is 1. The van der Waals surface area contributed by atoms with E-state index in [0.29, 0.717) is 12.1 Å². The molecule has 4 heteroatoms. The molecule has 21 heavy (non-hydrogen) atoms. The fourth-order valence-electron chi connectivity index (χ4n) is 3.19. The molecule has 0 aromatic heterocycles. The number of hydrogen-bond donors (Lipinski definition) is 2. The molecule has 116 valence electrons. The van der Waals surface area contributed by atoms with E-state index in [-0.39, 0.29) is 11.8 Å². The normalized spacial score (nSPS) is 24.6. The second-order valence-electron chi connectivity index (χ2n) is 6.27. The Hall–Kier alpha value is -1.39. The lowest BCUT2D eigenvalue weighted by Gasteiger charge is -2.39. The van der Waals surface area contributed by atoms with E-state index in [1.54, 1.807) is 0 Å². The first kappa shape index (κ1) is 16.0. The van der Waals surface area contributed by atoms with Crippen LogP contribution in [0.3, 0.4) is 0 Å². The third-order valence-electron chi connectivity index (χ3n) is 4.76. The Kier molecular flexibility index (Phi) is 5.37. The van der Waals surface area contributed by atoms with Gasteiger partial charge in [0, 0.05) is 18.6 Å². The van der Waals surface area contributed by atoms with Crippen molar-refractivity contribution in [3.8, 4) is 0 Å². The zero-order chi connectivity index (χ0) is 15.4. The molecular formula is C17H27N3O. The highest BCUT2D eigenvalue weighted by Gasteiger charge is 2.24. The predicted molar refractivity (Wildman–Crippen MR) is 85.5 cm³/mol. The predicted octanol–water partition coefficient (Wildman–Crippen LogP) is 2.54. The molecule has 4 nitrogen and oxygen atoms in total. The van der Waals surface area contributed by atoms with Gasteiger partial charge in [-0.3, -0.25) is 15.1 Å². The number of likely N-dealkylation sites (tertiary alicyclic amines) is 1. The third kappa shape index (κ3) is 3.83. The molecule has 0 radical (unpaired) electrons. The van der Waals surface area contributed by atoms with Crippen molar-refractivity contribution in [2.24, 2.45) is 5.84 Å². The van der Waals surface area contributed by atoms with Gasteiger partial charge >= 0.3 is 0 Å². The Balaban J connectivity index is 2.03. The molecular weight excluding hydrogens is 262 g/mol. The molecule has 0 spiro atoms. The number of nitrogens with zero attached hydrogens (tertiary/aromatic N) is 1. The maximum atomic E-state index is 11.6. The molecule has 1 heterocycles. The van der Waals surface area contributed by atoms with Crippen LogP contribution in [0.4, 0.5) is 0 Å². The van der Waals surface area contributed by atoms with Gasteiger partial charge in [0.05, 0.1) is 5.92 Å². The van der Waals surface area contributed by atoms with Crippen LogP contribution in [0.2, 0.25) is 0 Å². The molecule has 1 aliphatic heterocycles. The standard InChI is InChI=1S/C17H27N3O/c1-12-5-4-6-13(2)20(12)11-15-7-9-16(10-8-15)14(3)17(21)19-18/h7-10,12-14H,4-6,11,18H2,1-3H3,(H,19,21). The molecule has 3 atom stereocenters. The lowest BCUT2D eigenvalue weighted by Crippen LogP contribution is -2.42. The van der Waals surface area contributed by atoms with E-state index in [2.05, 4.69) is 36.3 Å². The molecule has 1 aromatic carbocycles. The van der Waals surface area contributed by atoms with Crippen molar-refractivity contribution in [2.75, 3.05) is 0 Å². The van der Waals surface area contributed by atoms with Gasteiger partial charge in [-0.05, 0) is 44.7 Å². The number of hydrazine groups is 1. The van der Waals surface area contributed by atoms with Crippen LogP contribution < -0.4 is 11.3 Å². The number of carbonyl (C=O) groups excluding carboxylic acids is 1. The SMILES string of the molecule is CC(C(=O)NN)c1ccc(CN2C(C)CCCC2C)cc1. The van der Waals surface area contributed by atoms with Crippen LogP contribution in [0.15, 0.2) is 24.3 Å². The molecule has 1 fully saturated rings. The second kappa shape index (κ2) is 7.05. The van der Waals surface area contributed by atoms with Crippen LogP contribution in [0.25, 0.3) is 0 Å². The van der Waals surface area contributed by atoms with Crippen molar-refractivity contribution in [1.82, 2.24) is 10.3 Å². The molecule has 1 saturated heterocycles. The van der Waals surface area contributed by atoms with Crippen LogP contribution in [-0.4, -0.2) is 22.9 Å². The highest BCUT2D eigenvalue weighted by molar-refractivity contribution is 5.82. The van der Waals surface area contributed by atoms with E-state index in [0.717, 1.165) is 12.1 Å². The first-order chi connectivity index (χ1) is 10.0. The average molecular weight is 289 g/mol. The molecule has 3 N–H and O–H groups in total. The fraction of sp³-hybridized carbons (Fsp3) is 0.588. The summed E-state index contributed by atoms with van der Waals surface area (Å²) in [6, 6.07) is 9.63. The zero-order valence-corrected chi connectivity index (χ0v) is 13.3. The van der Waals surface area contributed by atoms with E-state index < -0.39 is 0 Å². The van der Waals surface area contributed by atoms with E-state index in [1.807, 2.05) is 19.1 Å². The molecule has 1 aliphatic rings. The summed E-state index contributed by atoms with van der Waals surface area (Å²) in [5.41, 5.74) is 4.51. The van der Waals surface area contributed by atoms with Crippen LogP contribution in [0.5, 0.6) is 0 Å². The number of carbonyl (C=O) groups is 1. The van der Waals surface area contributed by atoms with Crippen molar-refractivity contribution in [3.05, 3.63) is 35.4 Å². The van der Waals surface area contributed by atoms with E-state index in [1.165, 1.54) is 24.8 Å². The Morgan fingerprint density at radius 3 is 2.38 bits per heavy atom. The average Bonchev–Trinajstić information content (AvgIpc) is 2.50. The summed E-state index contributed by atoms with van der Waals surface area (Å²) in [5.74, 6) is 4.83. The lowest BCUT2D eigenvalue weighted by atomic mass is 9.95. The van der Waals surface area contributed by atoms with E-state index in [9.17, 15) is 4.79 Å². The minimum atomic E-state index is -0.211. The summed E-state index contributed by atoms with van der Waals surface area (Å²) in [6.07, 6.45) is 3.91. The van der Waals surface area contributed by atoms with E-state index in [4.69, 9.17) is 5.84 Å². The number of benzene rings is 1. The Labute approximate surface area is 127 Å². The number of amides is 1. The Bertz CT molecular complexity index is 461. The Morgan fingerprint density at radius 1 is 1.29 bits per heavy atom.